The van der Waals surface area contributed by atoms with Crippen LogP contribution in [0.1, 0.15) is 16.8 Å². The minimum atomic E-state index is -0.276. The van der Waals surface area contributed by atoms with Crippen LogP contribution in [-0.2, 0) is 0 Å². The van der Waals surface area contributed by atoms with Crippen LogP contribution >= 0.6 is 0 Å². The maximum atomic E-state index is 12.2. The Bertz CT molecular complexity index is 904. The normalized spacial score (nSPS) is 10.3. The summed E-state index contributed by atoms with van der Waals surface area (Å²) in [6, 6.07) is 16.8. The Kier molecular flexibility index (Phi) is 5.12. The third-order valence-electron chi connectivity index (χ3n) is 3.84. The number of hydrogen-bond donors (Lipinski definition) is 3. The zero-order valence-electron chi connectivity index (χ0n) is 15.0. The zero-order valence-corrected chi connectivity index (χ0v) is 15.0. The van der Waals surface area contributed by atoms with Crippen molar-refractivity contribution in [3.05, 3.63) is 71.4 Å². The molecule has 0 aliphatic carbocycles. The molecule has 6 heteroatoms. The highest BCUT2D eigenvalue weighted by atomic mass is 16.2. The van der Waals surface area contributed by atoms with Crippen molar-refractivity contribution in [2.75, 3.05) is 16.0 Å². The molecule has 0 aliphatic heterocycles. The first-order chi connectivity index (χ1) is 12.5. The highest BCUT2D eigenvalue weighted by Gasteiger charge is 2.05. The fourth-order valence-corrected chi connectivity index (χ4v) is 2.49. The first-order valence-corrected chi connectivity index (χ1v) is 8.32. The minimum absolute atomic E-state index is 0.276. The smallest absolute Gasteiger partial charge is 0.323 e. The molecule has 0 saturated heterocycles. The Morgan fingerprint density at radius 3 is 2.19 bits per heavy atom. The van der Waals surface area contributed by atoms with E-state index in [2.05, 4.69) is 26.1 Å². The van der Waals surface area contributed by atoms with Crippen molar-refractivity contribution < 1.29 is 4.79 Å². The molecule has 0 saturated carbocycles. The highest BCUT2D eigenvalue weighted by Crippen LogP contribution is 2.19. The molecule has 0 aliphatic rings. The van der Waals surface area contributed by atoms with Gasteiger partial charge >= 0.3 is 6.03 Å². The number of rotatable bonds is 4. The van der Waals surface area contributed by atoms with Crippen molar-refractivity contribution in [3.63, 3.8) is 0 Å². The van der Waals surface area contributed by atoms with Crippen molar-refractivity contribution in [2.24, 2.45) is 0 Å². The zero-order chi connectivity index (χ0) is 18.5. The summed E-state index contributed by atoms with van der Waals surface area (Å²) in [7, 11) is 0. The highest BCUT2D eigenvalue weighted by molar-refractivity contribution is 6.00. The van der Waals surface area contributed by atoms with Crippen molar-refractivity contribution in [2.45, 2.75) is 20.8 Å². The maximum Gasteiger partial charge on any atom is 0.323 e. The first-order valence-electron chi connectivity index (χ1n) is 8.32. The molecule has 6 nitrogen and oxygen atoms in total. The number of urea groups is 1. The summed E-state index contributed by atoms with van der Waals surface area (Å²) in [5.74, 6) is 0.670. The second-order valence-electron chi connectivity index (χ2n) is 6.16. The van der Waals surface area contributed by atoms with Crippen LogP contribution in [0, 0.1) is 20.8 Å². The molecule has 0 atom stereocenters. The number of aryl methyl sites for hydroxylation is 3. The van der Waals surface area contributed by atoms with E-state index >= 15 is 0 Å². The number of carbonyl (C=O) groups is 1. The van der Waals surface area contributed by atoms with E-state index in [4.69, 9.17) is 0 Å². The lowest BCUT2D eigenvalue weighted by Crippen LogP contribution is -2.19. The van der Waals surface area contributed by atoms with Crippen LogP contribution in [0.25, 0.3) is 0 Å². The van der Waals surface area contributed by atoms with E-state index in [0.29, 0.717) is 11.5 Å². The third kappa shape index (κ3) is 4.57. The molecular weight excluding hydrogens is 326 g/mol. The SMILES string of the molecule is Cc1ccc(NC(=O)Nc2ccc(Nc3ccc(C)nn3)cc2)c(C)c1. The molecule has 0 fully saturated rings. The number of hydrogen-bond acceptors (Lipinski definition) is 4. The fourth-order valence-electron chi connectivity index (χ4n) is 2.49. The standard InChI is InChI=1S/C20H21N5O/c1-13-4-10-18(14(2)12-13)23-20(26)22-17-8-6-16(7-9-17)21-19-11-5-15(3)24-25-19/h4-12H,1-3H3,(H,21,25)(H2,22,23,26). The molecule has 2 aromatic carbocycles. The Labute approximate surface area is 152 Å². The molecule has 2 amide bonds. The monoisotopic (exact) mass is 347 g/mol. The molecule has 0 radical (unpaired) electrons. The molecule has 3 N–H and O–H groups in total. The summed E-state index contributed by atoms with van der Waals surface area (Å²) in [5.41, 5.74) is 5.42. The van der Waals surface area contributed by atoms with Crippen LogP contribution in [0.15, 0.2) is 54.6 Å². The Morgan fingerprint density at radius 1 is 0.808 bits per heavy atom. The molecule has 3 rings (SSSR count). The van der Waals surface area contributed by atoms with Gasteiger partial charge in [-0.1, -0.05) is 17.7 Å². The van der Waals surface area contributed by atoms with E-state index in [0.717, 1.165) is 28.2 Å². The van der Waals surface area contributed by atoms with Gasteiger partial charge in [-0.3, -0.25) is 0 Å². The largest absolute Gasteiger partial charge is 0.339 e. The number of nitrogens with zero attached hydrogens (tertiary/aromatic N) is 2. The lowest BCUT2D eigenvalue weighted by atomic mass is 10.1. The molecule has 0 bridgehead atoms. The summed E-state index contributed by atoms with van der Waals surface area (Å²) >= 11 is 0. The molecule has 3 aromatic rings. The van der Waals surface area contributed by atoms with Crippen LogP contribution < -0.4 is 16.0 Å². The van der Waals surface area contributed by atoms with Gasteiger partial charge in [0.1, 0.15) is 0 Å². The van der Waals surface area contributed by atoms with Crippen molar-refractivity contribution >= 4 is 28.9 Å². The van der Waals surface area contributed by atoms with Crippen LogP contribution in [0.2, 0.25) is 0 Å². The van der Waals surface area contributed by atoms with E-state index in [9.17, 15) is 4.79 Å². The van der Waals surface area contributed by atoms with Gasteiger partial charge in [-0.15, -0.1) is 5.10 Å². The summed E-state index contributed by atoms with van der Waals surface area (Å²) in [5, 5.41) is 16.9. The van der Waals surface area contributed by atoms with E-state index in [1.54, 1.807) is 0 Å². The van der Waals surface area contributed by atoms with E-state index in [1.807, 2.05) is 75.4 Å². The molecule has 132 valence electrons. The predicted octanol–water partition coefficient (Wildman–Crippen LogP) is 4.79. The van der Waals surface area contributed by atoms with E-state index in [1.165, 1.54) is 0 Å². The second kappa shape index (κ2) is 7.65. The average molecular weight is 347 g/mol. The molecule has 26 heavy (non-hydrogen) atoms. The molecular formula is C20H21N5O. The number of anilines is 4. The maximum absolute atomic E-state index is 12.2. The molecule has 0 unspecified atom stereocenters. The summed E-state index contributed by atoms with van der Waals surface area (Å²) in [6.07, 6.45) is 0. The number of benzene rings is 2. The number of carbonyl (C=O) groups excluding carboxylic acids is 1. The molecule has 0 spiro atoms. The average Bonchev–Trinajstić information content (AvgIpc) is 2.61. The van der Waals surface area contributed by atoms with E-state index in [-0.39, 0.29) is 6.03 Å². The van der Waals surface area contributed by atoms with Crippen LogP contribution in [0.4, 0.5) is 27.7 Å². The number of aromatic nitrogens is 2. The van der Waals surface area contributed by atoms with E-state index < -0.39 is 0 Å². The number of nitrogens with one attached hydrogen (secondary N) is 3. The Hall–Kier alpha value is -3.41. The fraction of sp³-hybridized carbons (Fsp3) is 0.150. The van der Waals surface area contributed by atoms with Gasteiger partial charge in [0, 0.05) is 17.1 Å². The van der Waals surface area contributed by atoms with Crippen molar-refractivity contribution in [1.29, 1.82) is 0 Å². The van der Waals surface area contributed by atoms with Gasteiger partial charge < -0.3 is 16.0 Å². The molecule has 1 heterocycles. The van der Waals surface area contributed by atoms with Crippen LogP contribution in [0.5, 0.6) is 0 Å². The van der Waals surface area contributed by atoms with Crippen molar-refractivity contribution in [3.8, 4) is 0 Å². The van der Waals surface area contributed by atoms with Gasteiger partial charge in [-0.05, 0) is 68.8 Å². The molecule has 1 aromatic heterocycles. The van der Waals surface area contributed by atoms with Gasteiger partial charge in [0.05, 0.1) is 5.69 Å². The van der Waals surface area contributed by atoms with Gasteiger partial charge in [0.2, 0.25) is 0 Å². The van der Waals surface area contributed by atoms with Gasteiger partial charge in [-0.2, -0.15) is 5.10 Å². The Morgan fingerprint density at radius 2 is 1.54 bits per heavy atom. The van der Waals surface area contributed by atoms with Gasteiger partial charge in [-0.25, -0.2) is 4.79 Å². The second-order valence-corrected chi connectivity index (χ2v) is 6.16. The lowest BCUT2D eigenvalue weighted by Gasteiger charge is -2.11. The van der Waals surface area contributed by atoms with Crippen molar-refractivity contribution in [1.82, 2.24) is 10.2 Å². The predicted molar refractivity (Wildman–Crippen MR) is 105 cm³/mol. The summed E-state index contributed by atoms with van der Waals surface area (Å²) < 4.78 is 0. The lowest BCUT2D eigenvalue weighted by molar-refractivity contribution is 0.262. The first kappa shape index (κ1) is 17.4. The van der Waals surface area contributed by atoms with Crippen LogP contribution in [0.3, 0.4) is 0 Å². The topological polar surface area (TPSA) is 78.9 Å². The summed E-state index contributed by atoms with van der Waals surface area (Å²) in [6.45, 7) is 5.88. The quantitative estimate of drug-likeness (QED) is 0.634. The summed E-state index contributed by atoms with van der Waals surface area (Å²) in [4.78, 5) is 12.2. The number of amides is 2. The van der Waals surface area contributed by atoms with Gasteiger partial charge in [0.25, 0.3) is 0 Å². The Balaban J connectivity index is 1.59. The minimum Gasteiger partial charge on any atom is -0.339 e. The third-order valence-corrected chi connectivity index (χ3v) is 3.84. The van der Waals surface area contributed by atoms with Gasteiger partial charge in [0.15, 0.2) is 5.82 Å². The van der Waals surface area contributed by atoms with Crippen LogP contribution in [-0.4, -0.2) is 16.2 Å².